The molecule has 0 aliphatic carbocycles. The molecule has 1 N–H and O–H groups in total. The van der Waals surface area contributed by atoms with Gasteiger partial charge in [0, 0.05) is 19.2 Å². The van der Waals surface area contributed by atoms with Crippen molar-refractivity contribution in [3.63, 3.8) is 0 Å². The number of nitrogens with zero attached hydrogens (tertiary/aromatic N) is 2. The van der Waals surface area contributed by atoms with E-state index in [1.807, 2.05) is 35.7 Å². The van der Waals surface area contributed by atoms with Crippen molar-refractivity contribution in [2.45, 2.75) is 13.5 Å². The number of carbonyl (C=O) groups excluding carboxylic acids is 1. The van der Waals surface area contributed by atoms with Crippen molar-refractivity contribution in [2.75, 3.05) is 6.54 Å². The minimum atomic E-state index is -0.186. The highest BCUT2D eigenvalue weighted by Gasteiger charge is 2.08. The van der Waals surface area contributed by atoms with E-state index in [0.29, 0.717) is 24.3 Å². The first-order valence-corrected chi connectivity index (χ1v) is 8.49. The molecule has 3 rings (SSSR count). The minimum absolute atomic E-state index is 0.0622. The maximum absolute atomic E-state index is 12.4. The number of amides is 1. The molecule has 122 valence electrons. The Hall–Kier alpha value is -2.73. The molecule has 0 aliphatic rings. The summed E-state index contributed by atoms with van der Waals surface area (Å²) < 4.78 is 1.59. The van der Waals surface area contributed by atoms with Gasteiger partial charge in [-0.2, -0.15) is 0 Å². The Bertz CT molecular complexity index is 942. The van der Waals surface area contributed by atoms with E-state index >= 15 is 0 Å². The Morgan fingerprint density at radius 1 is 1.29 bits per heavy atom. The third-order valence-electron chi connectivity index (χ3n) is 3.64. The molecule has 6 heteroatoms. The lowest BCUT2D eigenvalue weighted by atomic mass is 10.2. The number of aryl methyl sites for hydroxylation is 1. The summed E-state index contributed by atoms with van der Waals surface area (Å²) in [5, 5.41) is 5.27. The summed E-state index contributed by atoms with van der Waals surface area (Å²) in [4.78, 5) is 29.4. The number of rotatable bonds is 5. The van der Waals surface area contributed by atoms with E-state index < -0.39 is 0 Å². The molecule has 0 saturated carbocycles. The van der Waals surface area contributed by atoms with Crippen molar-refractivity contribution in [3.8, 4) is 0 Å². The van der Waals surface area contributed by atoms with Gasteiger partial charge in [-0.3, -0.25) is 14.2 Å². The van der Waals surface area contributed by atoms with E-state index in [4.69, 9.17) is 0 Å². The quantitative estimate of drug-likeness (QED) is 0.727. The Labute approximate surface area is 143 Å². The number of benzene rings is 1. The van der Waals surface area contributed by atoms with Crippen LogP contribution in [0.3, 0.4) is 0 Å². The summed E-state index contributed by atoms with van der Waals surface area (Å²) in [6, 6.07) is 11.4. The Kier molecular flexibility index (Phi) is 4.86. The van der Waals surface area contributed by atoms with Crippen molar-refractivity contribution < 1.29 is 4.79 Å². The average Bonchev–Trinajstić information content (AvgIpc) is 3.05. The Balaban J connectivity index is 1.61. The van der Waals surface area contributed by atoms with Crippen LogP contribution in [0.4, 0.5) is 0 Å². The predicted molar refractivity (Wildman–Crippen MR) is 97.1 cm³/mol. The largest absolute Gasteiger partial charge is 0.351 e. The summed E-state index contributed by atoms with van der Waals surface area (Å²) in [6.45, 7) is 2.57. The van der Waals surface area contributed by atoms with Crippen LogP contribution in [0.15, 0.2) is 52.6 Å². The lowest BCUT2D eigenvalue weighted by molar-refractivity contribution is -0.116. The van der Waals surface area contributed by atoms with Gasteiger partial charge >= 0.3 is 0 Å². The fraction of sp³-hybridized carbons (Fsp3) is 0.167. The summed E-state index contributed by atoms with van der Waals surface area (Å²) in [7, 11) is 0. The molecule has 0 spiro atoms. The van der Waals surface area contributed by atoms with Crippen LogP contribution in [0.1, 0.15) is 11.4 Å². The van der Waals surface area contributed by atoms with E-state index in [1.165, 1.54) is 17.4 Å². The first-order chi connectivity index (χ1) is 11.6. The number of thiophene rings is 1. The van der Waals surface area contributed by atoms with Gasteiger partial charge in [-0.15, -0.1) is 11.3 Å². The zero-order valence-corrected chi connectivity index (χ0v) is 14.0. The molecule has 24 heavy (non-hydrogen) atoms. The van der Waals surface area contributed by atoms with Gasteiger partial charge in [0.15, 0.2) is 0 Å². The molecule has 3 aromatic rings. The second kappa shape index (κ2) is 7.23. The monoisotopic (exact) mass is 339 g/mol. The topological polar surface area (TPSA) is 64.0 Å². The van der Waals surface area contributed by atoms with Gasteiger partial charge in [0.1, 0.15) is 10.7 Å². The average molecular weight is 339 g/mol. The van der Waals surface area contributed by atoms with E-state index in [0.717, 1.165) is 10.4 Å². The zero-order valence-electron chi connectivity index (χ0n) is 13.2. The van der Waals surface area contributed by atoms with Crippen LogP contribution in [-0.2, 0) is 11.3 Å². The highest BCUT2D eigenvalue weighted by atomic mass is 32.1. The van der Waals surface area contributed by atoms with Gasteiger partial charge < -0.3 is 5.32 Å². The fourth-order valence-corrected chi connectivity index (χ4v) is 3.20. The van der Waals surface area contributed by atoms with Gasteiger partial charge in [0.05, 0.1) is 5.39 Å². The molecule has 0 unspecified atom stereocenters. The standard InChI is InChI=1S/C18H17N3O2S/c1-13-20-17-15(9-12-24-17)18(23)21(13)11-10-19-16(22)8-7-14-5-3-2-4-6-14/h2-9,12H,10-11H2,1H3,(H,19,22)/b8-7-. The van der Waals surface area contributed by atoms with Gasteiger partial charge in [0.2, 0.25) is 5.91 Å². The van der Waals surface area contributed by atoms with Crippen molar-refractivity contribution in [1.82, 2.24) is 14.9 Å². The number of carbonyl (C=O) groups is 1. The highest BCUT2D eigenvalue weighted by molar-refractivity contribution is 7.16. The zero-order chi connectivity index (χ0) is 16.9. The molecule has 0 fully saturated rings. The maximum atomic E-state index is 12.4. The molecule has 0 bridgehead atoms. The van der Waals surface area contributed by atoms with Crippen LogP contribution in [0.25, 0.3) is 16.3 Å². The number of nitrogens with one attached hydrogen (secondary N) is 1. The lowest BCUT2D eigenvalue weighted by Gasteiger charge is -2.09. The van der Waals surface area contributed by atoms with Gasteiger partial charge in [-0.25, -0.2) is 4.98 Å². The van der Waals surface area contributed by atoms with Gasteiger partial charge in [0.25, 0.3) is 5.56 Å². The highest BCUT2D eigenvalue weighted by Crippen LogP contribution is 2.14. The van der Waals surface area contributed by atoms with Gasteiger partial charge in [-0.1, -0.05) is 30.3 Å². The summed E-state index contributed by atoms with van der Waals surface area (Å²) in [5.74, 6) is 0.471. The van der Waals surface area contributed by atoms with E-state index in [2.05, 4.69) is 10.3 Å². The molecular weight excluding hydrogens is 322 g/mol. The molecule has 0 atom stereocenters. The molecule has 2 heterocycles. The van der Waals surface area contributed by atoms with Gasteiger partial charge in [-0.05, 0) is 30.0 Å². The SMILES string of the molecule is Cc1nc2sccc2c(=O)n1CCNC(=O)/C=C\c1ccccc1. The third kappa shape index (κ3) is 3.60. The van der Waals surface area contributed by atoms with Crippen LogP contribution >= 0.6 is 11.3 Å². The normalized spacial score (nSPS) is 11.2. The molecule has 1 amide bonds. The van der Waals surface area contributed by atoms with Crippen LogP contribution in [0.5, 0.6) is 0 Å². The van der Waals surface area contributed by atoms with E-state index in [9.17, 15) is 9.59 Å². The second-order valence-electron chi connectivity index (χ2n) is 5.29. The summed E-state index contributed by atoms with van der Waals surface area (Å²) >= 11 is 1.45. The summed E-state index contributed by atoms with van der Waals surface area (Å²) in [5.41, 5.74) is 0.902. The molecule has 2 aromatic heterocycles. The number of fused-ring (bicyclic) bond motifs is 1. The second-order valence-corrected chi connectivity index (χ2v) is 6.18. The molecule has 0 saturated heterocycles. The number of aromatic nitrogens is 2. The smallest absolute Gasteiger partial charge is 0.262 e. The fourth-order valence-electron chi connectivity index (χ4n) is 2.40. The first kappa shape index (κ1) is 16.1. The van der Waals surface area contributed by atoms with Crippen molar-refractivity contribution >= 4 is 33.5 Å². The van der Waals surface area contributed by atoms with E-state index in [-0.39, 0.29) is 11.5 Å². The van der Waals surface area contributed by atoms with Crippen LogP contribution in [0.2, 0.25) is 0 Å². The minimum Gasteiger partial charge on any atom is -0.351 e. The lowest BCUT2D eigenvalue weighted by Crippen LogP contribution is -2.31. The molecule has 0 radical (unpaired) electrons. The Morgan fingerprint density at radius 3 is 2.88 bits per heavy atom. The van der Waals surface area contributed by atoms with Crippen molar-refractivity contribution in [2.24, 2.45) is 0 Å². The summed E-state index contributed by atoms with van der Waals surface area (Å²) in [6.07, 6.45) is 3.25. The maximum Gasteiger partial charge on any atom is 0.262 e. The van der Waals surface area contributed by atoms with Crippen LogP contribution in [-0.4, -0.2) is 22.0 Å². The number of hydrogen-bond donors (Lipinski definition) is 1. The first-order valence-electron chi connectivity index (χ1n) is 7.61. The predicted octanol–water partition coefficient (Wildman–Crippen LogP) is 2.60. The third-order valence-corrected chi connectivity index (χ3v) is 4.44. The van der Waals surface area contributed by atoms with E-state index in [1.54, 1.807) is 23.6 Å². The van der Waals surface area contributed by atoms with Crippen molar-refractivity contribution in [1.29, 1.82) is 0 Å². The Morgan fingerprint density at radius 2 is 2.08 bits per heavy atom. The molecule has 5 nitrogen and oxygen atoms in total. The van der Waals surface area contributed by atoms with Crippen LogP contribution in [0, 0.1) is 6.92 Å². The van der Waals surface area contributed by atoms with Crippen molar-refractivity contribution in [3.05, 3.63) is 69.6 Å². The molecule has 1 aromatic carbocycles. The molecule has 0 aliphatic heterocycles. The number of hydrogen-bond acceptors (Lipinski definition) is 4. The molecular formula is C18H17N3O2S. The van der Waals surface area contributed by atoms with Crippen LogP contribution < -0.4 is 10.9 Å².